The minimum absolute atomic E-state index is 0.513. The number of nitrogens with zero attached hydrogens (tertiary/aromatic N) is 2. The van der Waals surface area contributed by atoms with Crippen LogP contribution in [0.2, 0.25) is 5.02 Å². The van der Waals surface area contributed by atoms with Gasteiger partial charge in [-0.2, -0.15) is 10.4 Å². The molecule has 0 saturated heterocycles. The molecule has 0 aliphatic carbocycles. The number of allylic oxidation sites excluding steroid dienone is 1. The van der Waals surface area contributed by atoms with Gasteiger partial charge >= 0.3 is 0 Å². The van der Waals surface area contributed by atoms with Gasteiger partial charge in [0.1, 0.15) is 6.07 Å². The Kier molecular flexibility index (Phi) is 3.85. The maximum Gasteiger partial charge on any atom is 0.101 e. The van der Waals surface area contributed by atoms with E-state index in [-0.39, 0.29) is 0 Å². The van der Waals surface area contributed by atoms with Gasteiger partial charge in [0, 0.05) is 21.8 Å². The fourth-order valence-electron chi connectivity index (χ4n) is 2.73. The van der Waals surface area contributed by atoms with Crippen LogP contribution >= 0.6 is 11.6 Å². The van der Waals surface area contributed by atoms with Crippen molar-refractivity contribution < 1.29 is 0 Å². The van der Waals surface area contributed by atoms with Crippen molar-refractivity contribution >= 4 is 34.2 Å². The van der Waals surface area contributed by atoms with Gasteiger partial charge in [0.2, 0.25) is 0 Å². The smallest absolute Gasteiger partial charge is 0.101 e. The minimum atomic E-state index is 0.513. The van der Waals surface area contributed by atoms with Crippen LogP contribution in [0.1, 0.15) is 11.4 Å². The summed E-state index contributed by atoms with van der Waals surface area (Å²) in [6.07, 6.45) is 1.82. The molecule has 5 heteroatoms. The highest BCUT2D eigenvalue weighted by Gasteiger charge is 2.09. The van der Waals surface area contributed by atoms with Crippen molar-refractivity contribution in [3.05, 3.63) is 77.1 Å². The predicted octanol–water partition coefficient (Wildman–Crippen LogP) is 5.28. The van der Waals surface area contributed by atoms with Crippen molar-refractivity contribution in [3.63, 3.8) is 0 Å². The van der Waals surface area contributed by atoms with E-state index >= 15 is 0 Å². The fourth-order valence-corrected chi connectivity index (χ4v) is 2.85. The van der Waals surface area contributed by atoms with Gasteiger partial charge in [-0.15, -0.1) is 0 Å². The third-order valence-corrected chi connectivity index (χ3v) is 4.23. The first-order valence-corrected chi connectivity index (χ1v) is 8.12. The van der Waals surface area contributed by atoms with E-state index in [0.717, 1.165) is 27.9 Å². The summed E-state index contributed by atoms with van der Waals surface area (Å²) in [6.45, 7) is 0. The van der Waals surface area contributed by atoms with Crippen LogP contribution in [-0.2, 0) is 0 Å². The SMILES string of the molecule is N#C/C(=C\c1cc2ccccc2[nH]1)c1cc(-c2ccc(Cl)cc2)n[nH]1. The topological polar surface area (TPSA) is 68.3 Å². The van der Waals surface area contributed by atoms with Gasteiger partial charge in [-0.05, 0) is 41.8 Å². The Balaban J connectivity index is 1.69. The molecule has 4 nitrogen and oxygen atoms in total. The second-order valence-corrected chi connectivity index (χ2v) is 6.09. The van der Waals surface area contributed by atoms with Crippen LogP contribution in [-0.4, -0.2) is 15.2 Å². The molecule has 25 heavy (non-hydrogen) atoms. The zero-order valence-corrected chi connectivity index (χ0v) is 13.9. The van der Waals surface area contributed by atoms with Crippen LogP contribution in [0.3, 0.4) is 0 Å². The molecular weight excluding hydrogens is 332 g/mol. The number of para-hydroxylation sites is 1. The number of rotatable bonds is 3. The van der Waals surface area contributed by atoms with Crippen molar-refractivity contribution in [1.82, 2.24) is 15.2 Å². The number of aromatic amines is 2. The maximum absolute atomic E-state index is 9.53. The molecule has 120 valence electrons. The van der Waals surface area contributed by atoms with Crippen molar-refractivity contribution in [2.24, 2.45) is 0 Å². The van der Waals surface area contributed by atoms with Gasteiger partial charge in [0.15, 0.2) is 0 Å². The van der Waals surface area contributed by atoms with Crippen molar-refractivity contribution in [1.29, 1.82) is 5.26 Å². The van der Waals surface area contributed by atoms with E-state index in [9.17, 15) is 5.26 Å². The van der Waals surface area contributed by atoms with Gasteiger partial charge < -0.3 is 4.98 Å². The average Bonchev–Trinajstić information content (AvgIpc) is 3.27. The lowest BCUT2D eigenvalue weighted by molar-refractivity contribution is 1.08. The highest BCUT2D eigenvalue weighted by atomic mass is 35.5. The fraction of sp³-hybridized carbons (Fsp3) is 0. The first-order chi connectivity index (χ1) is 12.2. The summed E-state index contributed by atoms with van der Waals surface area (Å²) >= 11 is 5.92. The maximum atomic E-state index is 9.53. The number of halogens is 1. The quantitative estimate of drug-likeness (QED) is 0.497. The summed E-state index contributed by atoms with van der Waals surface area (Å²) < 4.78 is 0. The number of aromatic nitrogens is 3. The molecule has 2 N–H and O–H groups in total. The largest absolute Gasteiger partial charge is 0.355 e. The number of benzene rings is 2. The van der Waals surface area contributed by atoms with E-state index in [1.165, 1.54) is 0 Å². The summed E-state index contributed by atoms with van der Waals surface area (Å²) in [5, 5.41) is 18.6. The van der Waals surface area contributed by atoms with E-state index in [4.69, 9.17) is 11.6 Å². The number of nitrogens with one attached hydrogen (secondary N) is 2. The highest BCUT2D eigenvalue weighted by molar-refractivity contribution is 6.30. The van der Waals surface area contributed by atoms with Crippen molar-refractivity contribution in [3.8, 4) is 17.3 Å². The Morgan fingerprint density at radius 2 is 1.88 bits per heavy atom. The molecule has 0 saturated carbocycles. The molecule has 0 aliphatic rings. The molecule has 0 amide bonds. The second kappa shape index (κ2) is 6.31. The Hall–Kier alpha value is -3.29. The number of fused-ring (bicyclic) bond motifs is 1. The molecular formula is C20H13ClN4. The van der Waals surface area contributed by atoms with E-state index < -0.39 is 0 Å². The lowest BCUT2D eigenvalue weighted by Crippen LogP contribution is -1.82. The lowest BCUT2D eigenvalue weighted by Gasteiger charge is -1.95. The summed E-state index contributed by atoms with van der Waals surface area (Å²) in [5.41, 5.74) is 4.81. The summed E-state index contributed by atoms with van der Waals surface area (Å²) in [6, 6.07) is 21.5. The number of H-pyrrole nitrogens is 2. The van der Waals surface area contributed by atoms with Gasteiger partial charge in [-0.25, -0.2) is 0 Å². The van der Waals surface area contributed by atoms with Crippen molar-refractivity contribution in [2.45, 2.75) is 0 Å². The molecule has 4 rings (SSSR count). The summed E-state index contributed by atoms with van der Waals surface area (Å²) in [4.78, 5) is 3.30. The highest BCUT2D eigenvalue weighted by Crippen LogP contribution is 2.24. The van der Waals surface area contributed by atoms with Crippen LogP contribution in [0.4, 0.5) is 0 Å². The lowest BCUT2D eigenvalue weighted by atomic mass is 10.1. The number of hydrogen-bond donors (Lipinski definition) is 2. The summed E-state index contributed by atoms with van der Waals surface area (Å²) in [5.74, 6) is 0. The van der Waals surface area contributed by atoms with Crippen LogP contribution < -0.4 is 0 Å². The minimum Gasteiger partial charge on any atom is -0.355 e. The second-order valence-electron chi connectivity index (χ2n) is 5.66. The van der Waals surface area contributed by atoms with Gasteiger partial charge in [-0.1, -0.05) is 41.9 Å². The van der Waals surface area contributed by atoms with Crippen molar-refractivity contribution in [2.75, 3.05) is 0 Å². The van der Waals surface area contributed by atoms with E-state index in [0.29, 0.717) is 16.3 Å². The zero-order valence-electron chi connectivity index (χ0n) is 13.1. The molecule has 0 fully saturated rings. The molecule has 0 atom stereocenters. The van der Waals surface area contributed by atoms with Gasteiger partial charge in [-0.3, -0.25) is 5.10 Å². The first kappa shape index (κ1) is 15.3. The molecule has 2 aromatic carbocycles. The van der Waals surface area contributed by atoms with E-state index in [2.05, 4.69) is 21.3 Å². The predicted molar refractivity (Wildman–Crippen MR) is 101 cm³/mol. The number of hydrogen-bond acceptors (Lipinski definition) is 2. The van der Waals surface area contributed by atoms with Crippen LogP contribution in [0.25, 0.3) is 33.8 Å². The van der Waals surface area contributed by atoms with Crippen LogP contribution in [0.15, 0.2) is 60.7 Å². The van der Waals surface area contributed by atoms with E-state index in [1.54, 1.807) is 0 Å². The van der Waals surface area contributed by atoms with Gasteiger partial charge in [0.05, 0.1) is 17.0 Å². The summed E-state index contributed by atoms with van der Waals surface area (Å²) in [7, 11) is 0. The Morgan fingerprint density at radius 1 is 1.08 bits per heavy atom. The molecule has 4 aromatic rings. The van der Waals surface area contributed by atoms with Crippen LogP contribution in [0, 0.1) is 11.3 Å². The molecule has 0 radical (unpaired) electrons. The third kappa shape index (κ3) is 3.06. The number of nitriles is 1. The average molecular weight is 345 g/mol. The van der Waals surface area contributed by atoms with Gasteiger partial charge in [0.25, 0.3) is 0 Å². The molecule has 0 aliphatic heterocycles. The molecule has 2 aromatic heterocycles. The molecule has 0 spiro atoms. The molecule has 0 bridgehead atoms. The Bertz CT molecular complexity index is 1080. The standard InChI is InChI=1S/C20H13ClN4/c21-16-7-5-13(6-8-16)19-11-20(25-24-19)15(12-22)10-17-9-14-3-1-2-4-18(14)23-17/h1-11,23H,(H,24,25)/b15-10+. The molecule has 0 unspecified atom stereocenters. The monoisotopic (exact) mass is 344 g/mol. The Labute approximate surface area is 149 Å². The first-order valence-electron chi connectivity index (χ1n) is 7.74. The molecule has 2 heterocycles. The zero-order chi connectivity index (χ0) is 17.2. The normalized spacial score (nSPS) is 11.6. The Morgan fingerprint density at radius 3 is 2.64 bits per heavy atom. The third-order valence-electron chi connectivity index (χ3n) is 3.98. The van der Waals surface area contributed by atoms with Crippen LogP contribution in [0.5, 0.6) is 0 Å². The van der Waals surface area contributed by atoms with E-state index in [1.807, 2.05) is 66.7 Å².